The third kappa shape index (κ3) is 4.59. The summed E-state index contributed by atoms with van der Waals surface area (Å²) in [4.78, 5) is 21.1. The minimum atomic E-state index is -0.220. The Morgan fingerprint density at radius 2 is 2.10 bits per heavy atom. The van der Waals surface area contributed by atoms with Gasteiger partial charge in [0.25, 0.3) is 0 Å². The largest absolute Gasteiger partial charge is 0.454 e. The summed E-state index contributed by atoms with van der Waals surface area (Å²) in [5, 5.41) is 9.74. The zero-order valence-corrected chi connectivity index (χ0v) is 18.5. The predicted molar refractivity (Wildman–Crippen MR) is 119 cm³/mol. The molecule has 4 aromatic rings. The second-order valence-corrected chi connectivity index (χ2v) is 8.61. The summed E-state index contributed by atoms with van der Waals surface area (Å²) >= 11 is 4.93. The number of ether oxygens (including phenoxy) is 2. The van der Waals surface area contributed by atoms with Crippen LogP contribution in [0.25, 0.3) is 10.6 Å². The van der Waals surface area contributed by atoms with Crippen LogP contribution in [0.15, 0.2) is 58.6 Å². The molecule has 2 aromatic heterocycles. The Morgan fingerprint density at radius 1 is 1.19 bits per heavy atom. The fourth-order valence-corrected chi connectivity index (χ4v) is 4.40. The summed E-state index contributed by atoms with van der Waals surface area (Å²) in [5.41, 5.74) is 2.69. The molecule has 0 bridgehead atoms. The van der Waals surface area contributed by atoms with Gasteiger partial charge in [-0.3, -0.25) is 10.1 Å². The molecule has 31 heavy (non-hydrogen) atoms. The third-order valence-electron chi connectivity index (χ3n) is 4.53. The van der Waals surface area contributed by atoms with E-state index in [1.807, 2.05) is 47.8 Å². The number of benzene rings is 2. The molecule has 0 saturated heterocycles. The SMILES string of the molecule is O=C(Cc1csc(-c2ccc3c(c2)OCO3)n1)Nc1ncn(Cc2cccc(Br)c2)n1. The molecular formula is C21H16BrN5O3S. The highest BCUT2D eigenvalue weighted by Gasteiger charge is 2.16. The standard InChI is InChI=1S/C21H16BrN5O3S/c22-15-3-1-2-13(6-15)9-27-11-23-21(26-27)25-19(28)8-16-10-31-20(24-16)14-4-5-17-18(7-14)30-12-29-17/h1-7,10-11H,8-9,12H2,(H,25,26,28). The summed E-state index contributed by atoms with van der Waals surface area (Å²) < 4.78 is 13.4. The Balaban J connectivity index is 1.20. The Hall–Kier alpha value is -3.24. The molecule has 0 radical (unpaired) electrons. The lowest BCUT2D eigenvalue weighted by Gasteiger charge is -2.02. The molecule has 0 aliphatic carbocycles. The van der Waals surface area contributed by atoms with Crippen LogP contribution in [0.3, 0.4) is 0 Å². The number of thiazole rings is 1. The first kappa shape index (κ1) is 19.7. The maximum absolute atomic E-state index is 12.4. The van der Waals surface area contributed by atoms with E-state index in [-0.39, 0.29) is 25.1 Å². The van der Waals surface area contributed by atoms with Crippen LogP contribution in [0, 0.1) is 0 Å². The van der Waals surface area contributed by atoms with Crippen molar-refractivity contribution < 1.29 is 14.3 Å². The second-order valence-electron chi connectivity index (χ2n) is 6.83. The minimum Gasteiger partial charge on any atom is -0.454 e. The normalized spacial score (nSPS) is 12.2. The maximum Gasteiger partial charge on any atom is 0.248 e. The zero-order valence-electron chi connectivity index (χ0n) is 16.1. The lowest BCUT2D eigenvalue weighted by atomic mass is 10.2. The van der Waals surface area contributed by atoms with Crippen LogP contribution >= 0.6 is 27.3 Å². The first-order chi connectivity index (χ1) is 15.1. The van der Waals surface area contributed by atoms with Crippen molar-refractivity contribution in [2.24, 2.45) is 0 Å². The predicted octanol–water partition coefficient (Wildman–Crippen LogP) is 4.12. The summed E-state index contributed by atoms with van der Waals surface area (Å²) in [6.07, 6.45) is 1.73. The molecule has 1 N–H and O–H groups in total. The number of nitrogens with zero attached hydrogens (tertiary/aromatic N) is 4. The van der Waals surface area contributed by atoms with E-state index in [0.717, 1.165) is 26.4 Å². The number of hydrogen-bond acceptors (Lipinski definition) is 7. The molecule has 1 aliphatic heterocycles. The van der Waals surface area contributed by atoms with Crippen molar-refractivity contribution in [3.63, 3.8) is 0 Å². The number of fused-ring (bicyclic) bond motifs is 1. The molecule has 0 spiro atoms. The van der Waals surface area contributed by atoms with Crippen LogP contribution in [0.2, 0.25) is 0 Å². The monoisotopic (exact) mass is 497 g/mol. The summed E-state index contributed by atoms with van der Waals surface area (Å²) in [7, 11) is 0. The Kier molecular flexibility index (Phi) is 5.39. The number of nitrogens with one attached hydrogen (secondary N) is 1. The summed E-state index contributed by atoms with van der Waals surface area (Å²) in [5.74, 6) is 1.48. The van der Waals surface area contributed by atoms with Gasteiger partial charge in [0.15, 0.2) is 11.5 Å². The first-order valence-corrected chi connectivity index (χ1v) is 11.1. The van der Waals surface area contributed by atoms with Crippen molar-refractivity contribution in [1.29, 1.82) is 0 Å². The molecule has 1 aliphatic rings. The molecule has 0 unspecified atom stereocenters. The fourth-order valence-electron chi connectivity index (χ4n) is 3.13. The van der Waals surface area contributed by atoms with Crippen molar-refractivity contribution in [2.75, 3.05) is 12.1 Å². The molecule has 1 amide bonds. The molecule has 156 valence electrons. The van der Waals surface area contributed by atoms with Gasteiger partial charge in [-0.1, -0.05) is 28.1 Å². The maximum atomic E-state index is 12.4. The topological polar surface area (TPSA) is 91.2 Å². The zero-order chi connectivity index (χ0) is 21.2. The van der Waals surface area contributed by atoms with Crippen LogP contribution in [0.1, 0.15) is 11.3 Å². The average Bonchev–Trinajstić information content (AvgIpc) is 3.48. The van der Waals surface area contributed by atoms with E-state index in [0.29, 0.717) is 18.0 Å². The van der Waals surface area contributed by atoms with Crippen LogP contribution in [-0.2, 0) is 17.8 Å². The van der Waals surface area contributed by atoms with E-state index in [1.54, 1.807) is 11.0 Å². The smallest absolute Gasteiger partial charge is 0.248 e. The second kappa shape index (κ2) is 8.48. The first-order valence-electron chi connectivity index (χ1n) is 9.40. The van der Waals surface area contributed by atoms with Gasteiger partial charge in [-0.05, 0) is 35.9 Å². The number of anilines is 1. The molecule has 10 heteroatoms. The summed E-state index contributed by atoms with van der Waals surface area (Å²) in [6.45, 7) is 0.794. The van der Waals surface area contributed by atoms with Gasteiger partial charge in [-0.15, -0.1) is 16.4 Å². The number of hydrogen-bond donors (Lipinski definition) is 1. The number of rotatable bonds is 6. The number of aromatic nitrogens is 4. The molecular weight excluding hydrogens is 482 g/mol. The van der Waals surface area contributed by atoms with E-state index < -0.39 is 0 Å². The van der Waals surface area contributed by atoms with Crippen molar-refractivity contribution in [2.45, 2.75) is 13.0 Å². The van der Waals surface area contributed by atoms with Crippen LogP contribution in [0.4, 0.5) is 5.95 Å². The van der Waals surface area contributed by atoms with E-state index >= 15 is 0 Å². The molecule has 2 aromatic carbocycles. The molecule has 0 atom stereocenters. The number of amides is 1. The van der Waals surface area contributed by atoms with E-state index in [2.05, 4.69) is 36.3 Å². The molecule has 0 saturated carbocycles. The highest BCUT2D eigenvalue weighted by atomic mass is 79.9. The highest BCUT2D eigenvalue weighted by Crippen LogP contribution is 2.36. The van der Waals surface area contributed by atoms with Crippen molar-refractivity contribution in [1.82, 2.24) is 19.7 Å². The molecule has 8 nitrogen and oxygen atoms in total. The highest BCUT2D eigenvalue weighted by molar-refractivity contribution is 9.10. The van der Waals surface area contributed by atoms with Gasteiger partial charge in [0.1, 0.15) is 11.3 Å². The van der Waals surface area contributed by atoms with Crippen LogP contribution in [-0.4, -0.2) is 32.4 Å². The number of carbonyl (C=O) groups excluding carboxylic acids is 1. The summed E-state index contributed by atoms with van der Waals surface area (Å²) in [6, 6.07) is 13.6. The van der Waals surface area contributed by atoms with Gasteiger partial charge in [-0.25, -0.2) is 14.6 Å². The lowest BCUT2D eigenvalue weighted by Crippen LogP contribution is -2.16. The number of carbonyl (C=O) groups is 1. The van der Waals surface area contributed by atoms with Crippen molar-refractivity contribution in [3.8, 4) is 22.1 Å². The van der Waals surface area contributed by atoms with E-state index in [4.69, 9.17) is 9.47 Å². The van der Waals surface area contributed by atoms with E-state index in [1.165, 1.54) is 11.3 Å². The molecule has 0 fully saturated rings. The van der Waals surface area contributed by atoms with Gasteiger partial charge in [0, 0.05) is 15.4 Å². The van der Waals surface area contributed by atoms with Gasteiger partial charge >= 0.3 is 0 Å². The lowest BCUT2D eigenvalue weighted by molar-refractivity contribution is -0.115. The third-order valence-corrected chi connectivity index (χ3v) is 5.97. The Morgan fingerprint density at radius 3 is 3.00 bits per heavy atom. The van der Waals surface area contributed by atoms with Gasteiger partial charge in [-0.2, -0.15) is 0 Å². The number of halogens is 1. The Bertz CT molecular complexity index is 1260. The fraction of sp³-hybridized carbons (Fsp3) is 0.143. The van der Waals surface area contributed by atoms with E-state index in [9.17, 15) is 4.79 Å². The van der Waals surface area contributed by atoms with Crippen LogP contribution in [0.5, 0.6) is 11.5 Å². The van der Waals surface area contributed by atoms with Crippen LogP contribution < -0.4 is 14.8 Å². The van der Waals surface area contributed by atoms with Crippen molar-refractivity contribution in [3.05, 3.63) is 69.9 Å². The van der Waals surface area contributed by atoms with Gasteiger partial charge in [0.05, 0.1) is 18.7 Å². The molecule has 5 rings (SSSR count). The Labute approximate surface area is 190 Å². The average molecular weight is 498 g/mol. The van der Waals surface area contributed by atoms with Gasteiger partial charge in [0.2, 0.25) is 18.6 Å². The van der Waals surface area contributed by atoms with Gasteiger partial charge < -0.3 is 9.47 Å². The van der Waals surface area contributed by atoms with Crippen molar-refractivity contribution >= 4 is 39.1 Å². The molecule has 3 heterocycles. The minimum absolute atomic E-state index is 0.140. The quantitative estimate of drug-likeness (QED) is 0.430.